The van der Waals surface area contributed by atoms with E-state index in [4.69, 9.17) is 0 Å². The lowest BCUT2D eigenvalue weighted by Crippen LogP contribution is -2.58. The number of nitrogens with zero attached hydrogens (tertiary/aromatic N) is 3. The van der Waals surface area contributed by atoms with Crippen LogP contribution in [0.5, 0.6) is 0 Å². The number of fused-ring (bicyclic) bond motifs is 1. The van der Waals surface area contributed by atoms with Crippen molar-refractivity contribution in [2.24, 2.45) is 17.8 Å². The van der Waals surface area contributed by atoms with Crippen LogP contribution in [0.25, 0.3) is 0 Å². The van der Waals surface area contributed by atoms with Gasteiger partial charge in [-0.05, 0) is 37.7 Å². The molecule has 8 heteroatoms. The van der Waals surface area contributed by atoms with Crippen LogP contribution < -0.4 is 0 Å². The number of aliphatic hydroxyl groups is 1. The zero-order valence-electron chi connectivity index (χ0n) is 24.2. The summed E-state index contributed by atoms with van der Waals surface area (Å²) in [6.07, 6.45) is 6.47. The molecule has 3 aliphatic heterocycles. The van der Waals surface area contributed by atoms with E-state index in [2.05, 4.69) is 33.9 Å². The Kier molecular flexibility index (Phi) is 9.83. The van der Waals surface area contributed by atoms with Crippen LogP contribution in [0, 0.1) is 17.8 Å². The van der Waals surface area contributed by atoms with Crippen LogP contribution >= 0.6 is 11.8 Å². The molecule has 3 heterocycles. The highest BCUT2D eigenvalue weighted by atomic mass is 32.2. The molecule has 7 nitrogen and oxygen atoms in total. The standard InChI is InChI=1S/C32H45N3O4S/c1-6-13-23(5)34(17-8-3)31(39)28-32-22(4)20-25(40-32)26(27(32)30(38)35(28)18-12-19-36)29(37)33(16-7-2)21-24-14-10-9-11-15-24/h7-11,14-15,22-23,25-28,36H,2-3,6,12-13,16-21H2,1,4-5H3/t22?,23?,25-,26+,27-,28?,32?/m0/s1. The highest BCUT2D eigenvalue weighted by Crippen LogP contribution is 2.69. The summed E-state index contributed by atoms with van der Waals surface area (Å²) in [5.74, 6) is -1.18. The lowest BCUT2D eigenvalue weighted by Gasteiger charge is -2.42. The molecule has 3 fully saturated rings. The summed E-state index contributed by atoms with van der Waals surface area (Å²) in [4.78, 5) is 48.5. The molecule has 0 radical (unpaired) electrons. The summed E-state index contributed by atoms with van der Waals surface area (Å²) < 4.78 is -0.674. The second-order valence-corrected chi connectivity index (χ2v) is 13.1. The van der Waals surface area contributed by atoms with Gasteiger partial charge in [0.1, 0.15) is 6.04 Å². The highest BCUT2D eigenvalue weighted by Gasteiger charge is 2.76. The molecule has 4 rings (SSSR count). The van der Waals surface area contributed by atoms with Gasteiger partial charge in [0.25, 0.3) is 0 Å². The molecule has 1 aromatic carbocycles. The van der Waals surface area contributed by atoms with Crippen LogP contribution in [0.15, 0.2) is 55.6 Å². The Morgan fingerprint density at radius 2 is 1.90 bits per heavy atom. The molecule has 3 aliphatic rings. The minimum Gasteiger partial charge on any atom is -0.396 e. The number of hydrogen-bond donors (Lipinski definition) is 1. The number of amides is 3. The van der Waals surface area contributed by atoms with Crippen molar-refractivity contribution in [2.75, 3.05) is 26.2 Å². The topological polar surface area (TPSA) is 81.2 Å². The van der Waals surface area contributed by atoms with E-state index in [1.807, 2.05) is 35.2 Å². The molecule has 40 heavy (non-hydrogen) atoms. The molecule has 0 aliphatic carbocycles. The fourth-order valence-corrected chi connectivity index (χ4v) is 9.73. The molecule has 0 saturated carbocycles. The minimum atomic E-state index is -0.674. The van der Waals surface area contributed by atoms with Crippen molar-refractivity contribution in [2.45, 2.75) is 75.1 Å². The first kappa shape index (κ1) is 30.4. The van der Waals surface area contributed by atoms with Gasteiger partial charge in [-0.3, -0.25) is 14.4 Å². The number of likely N-dealkylation sites (tertiary alicyclic amines) is 1. The van der Waals surface area contributed by atoms with Crippen LogP contribution in [0.2, 0.25) is 0 Å². The summed E-state index contributed by atoms with van der Waals surface area (Å²) in [5, 5.41) is 9.65. The van der Waals surface area contributed by atoms with E-state index in [9.17, 15) is 19.5 Å². The fraction of sp³-hybridized carbons (Fsp3) is 0.594. The van der Waals surface area contributed by atoms with E-state index in [0.717, 1.165) is 24.8 Å². The lowest BCUT2D eigenvalue weighted by atomic mass is 9.65. The van der Waals surface area contributed by atoms with Gasteiger partial charge < -0.3 is 19.8 Å². The quantitative estimate of drug-likeness (QED) is 0.342. The van der Waals surface area contributed by atoms with Gasteiger partial charge in [-0.25, -0.2) is 0 Å². The van der Waals surface area contributed by atoms with E-state index in [-0.39, 0.29) is 41.5 Å². The molecule has 218 valence electrons. The molecule has 2 bridgehead atoms. The second-order valence-electron chi connectivity index (χ2n) is 11.6. The zero-order valence-corrected chi connectivity index (χ0v) is 25.0. The number of thioether (sulfide) groups is 1. The summed E-state index contributed by atoms with van der Waals surface area (Å²) >= 11 is 1.70. The van der Waals surface area contributed by atoms with Gasteiger partial charge in [0, 0.05) is 44.1 Å². The van der Waals surface area contributed by atoms with Crippen molar-refractivity contribution < 1.29 is 19.5 Å². The Hall–Kier alpha value is -2.58. The number of carbonyl (C=O) groups is 3. The van der Waals surface area contributed by atoms with Gasteiger partial charge in [-0.1, -0.05) is 62.8 Å². The molecular weight excluding hydrogens is 522 g/mol. The molecule has 0 aromatic heterocycles. The lowest BCUT2D eigenvalue weighted by molar-refractivity contribution is -0.145. The van der Waals surface area contributed by atoms with Crippen LogP contribution in [-0.4, -0.2) is 85.8 Å². The van der Waals surface area contributed by atoms with Crippen molar-refractivity contribution >= 4 is 29.5 Å². The third kappa shape index (κ3) is 5.25. The average Bonchev–Trinajstić information content (AvgIpc) is 3.53. The molecule has 1 N–H and O–H groups in total. The van der Waals surface area contributed by atoms with Gasteiger partial charge in [0.2, 0.25) is 17.7 Å². The van der Waals surface area contributed by atoms with Crippen LogP contribution in [0.4, 0.5) is 0 Å². The first-order valence-corrected chi connectivity index (χ1v) is 15.6. The molecule has 4 unspecified atom stereocenters. The van der Waals surface area contributed by atoms with Crippen molar-refractivity contribution in [1.29, 1.82) is 0 Å². The van der Waals surface area contributed by atoms with Crippen molar-refractivity contribution in [3.05, 3.63) is 61.2 Å². The van der Waals surface area contributed by atoms with Crippen molar-refractivity contribution in [1.82, 2.24) is 14.7 Å². The Morgan fingerprint density at radius 3 is 2.52 bits per heavy atom. The monoisotopic (exact) mass is 567 g/mol. The van der Waals surface area contributed by atoms with E-state index in [1.54, 1.807) is 33.7 Å². The first-order valence-electron chi connectivity index (χ1n) is 14.7. The Bertz CT molecular complexity index is 1100. The molecule has 3 saturated heterocycles. The summed E-state index contributed by atoms with van der Waals surface area (Å²) in [5.41, 5.74) is 1.02. The third-order valence-corrected chi connectivity index (χ3v) is 11.1. The predicted octanol–water partition coefficient (Wildman–Crippen LogP) is 4.12. The van der Waals surface area contributed by atoms with Gasteiger partial charge in [-0.15, -0.1) is 24.9 Å². The van der Waals surface area contributed by atoms with E-state index >= 15 is 0 Å². The number of benzene rings is 1. The normalized spacial score (nSPS) is 29.2. The Labute approximate surface area is 243 Å². The summed E-state index contributed by atoms with van der Waals surface area (Å²) in [7, 11) is 0. The average molecular weight is 568 g/mol. The van der Waals surface area contributed by atoms with Gasteiger partial charge in [0.05, 0.1) is 16.6 Å². The molecular formula is C32H45N3O4S. The van der Waals surface area contributed by atoms with E-state index < -0.39 is 22.6 Å². The van der Waals surface area contributed by atoms with Crippen molar-refractivity contribution in [3.63, 3.8) is 0 Å². The molecule has 3 amide bonds. The fourth-order valence-electron chi connectivity index (χ4n) is 7.32. The second kappa shape index (κ2) is 12.9. The number of carbonyl (C=O) groups excluding carboxylic acids is 3. The Balaban J connectivity index is 1.73. The third-order valence-electron chi connectivity index (χ3n) is 9.05. The molecule has 1 aromatic rings. The summed E-state index contributed by atoms with van der Waals surface area (Å²) in [6.45, 7) is 15.6. The van der Waals surface area contributed by atoms with E-state index in [0.29, 0.717) is 32.6 Å². The highest BCUT2D eigenvalue weighted by molar-refractivity contribution is 8.02. The largest absolute Gasteiger partial charge is 0.396 e. The zero-order chi connectivity index (χ0) is 29.0. The van der Waals surface area contributed by atoms with Crippen molar-refractivity contribution in [3.8, 4) is 0 Å². The summed E-state index contributed by atoms with van der Waals surface area (Å²) in [6, 6.07) is 9.21. The van der Waals surface area contributed by atoms with Crippen LogP contribution in [-0.2, 0) is 20.9 Å². The van der Waals surface area contributed by atoms with Crippen LogP contribution in [0.3, 0.4) is 0 Å². The predicted molar refractivity (Wildman–Crippen MR) is 160 cm³/mol. The SMILES string of the molecule is C=CCN(Cc1ccccc1)C(=O)[C@@H]1[C@@H]2CC(C)C3(S2)C(C(=O)N(CC=C)C(C)CCC)N(CCCO)C(=O)[C@H]13. The van der Waals surface area contributed by atoms with Gasteiger partial charge in [0.15, 0.2) is 0 Å². The van der Waals surface area contributed by atoms with Crippen LogP contribution in [0.1, 0.15) is 52.0 Å². The number of aliphatic hydroxyl groups excluding tert-OH is 1. The maximum Gasteiger partial charge on any atom is 0.247 e. The van der Waals surface area contributed by atoms with E-state index in [1.165, 1.54) is 0 Å². The smallest absolute Gasteiger partial charge is 0.247 e. The maximum absolute atomic E-state index is 14.5. The number of hydrogen-bond acceptors (Lipinski definition) is 5. The molecule has 7 atom stereocenters. The maximum atomic E-state index is 14.5. The minimum absolute atomic E-state index is 0.00559. The first-order chi connectivity index (χ1) is 19.3. The van der Waals surface area contributed by atoms with Gasteiger partial charge >= 0.3 is 0 Å². The molecule has 1 spiro atoms. The Morgan fingerprint density at radius 1 is 1.20 bits per heavy atom. The number of rotatable bonds is 14. The van der Waals surface area contributed by atoms with Gasteiger partial charge in [-0.2, -0.15) is 0 Å².